The Balaban J connectivity index is 2.38. The van der Waals surface area contributed by atoms with E-state index in [0.29, 0.717) is 23.2 Å². The molecule has 0 amide bonds. The van der Waals surface area contributed by atoms with E-state index in [1.165, 1.54) is 17.5 Å². The molecule has 20 heavy (non-hydrogen) atoms. The molecular weight excluding hydrogens is 346 g/mol. The highest BCUT2D eigenvalue weighted by atomic mass is 79.9. The number of aliphatic hydroxyl groups excluding tert-OH is 1. The number of aliphatic hydroxyl groups is 1. The number of benzene rings is 1. The molecular formula is C13H18BrNO4S. The van der Waals surface area contributed by atoms with Crippen LogP contribution in [0.3, 0.4) is 0 Å². The van der Waals surface area contributed by atoms with Crippen LogP contribution >= 0.6 is 15.9 Å². The van der Waals surface area contributed by atoms with Gasteiger partial charge in [-0.05, 0) is 30.5 Å². The molecule has 5 nitrogen and oxygen atoms in total. The van der Waals surface area contributed by atoms with Crippen LogP contribution < -0.4 is 4.74 Å². The first-order chi connectivity index (χ1) is 9.36. The Hall–Kier alpha value is -0.630. The summed E-state index contributed by atoms with van der Waals surface area (Å²) in [4.78, 5) is 0.121. The molecule has 1 aromatic carbocycles. The third kappa shape index (κ3) is 3.00. The van der Waals surface area contributed by atoms with Crippen LogP contribution in [0.15, 0.2) is 27.6 Å². The van der Waals surface area contributed by atoms with Gasteiger partial charge >= 0.3 is 0 Å². The number of piperidine rings is 1. The van der Waals surface area contributed by atoms with Crippen molar-refractivity contribution in [2.75, 3.05) is 20.2 Å². The number of nitrogens with zero attached hydrogens (tertiary/aromatic N) is 1. The predicted octanol–water partition coefficient (Wildman–Crippen LogP) is 1.85. The predicted molar refractivity (Wildman–Crippen MR) is 79.2 cm³/mol. The molecule has 1 aliphatic heterocycles. The molecule has 1 aliphatic rings. The number of β-amino-alcohol motifs (C(OH)–C–C–N with tert-alkyl or cyclic N) is 1. The van der Waals surface area contributed by atoms with E-state index < -0.39 is 16.1 Å². The summed E-state index contributed by atoms with van der Waals surface area (Å²) in [6, 6.07) is 4.86. The van der Waals surface area contributed by atoms with Crippen molar-refractivity contribution < 1.29 is 18.3 Å². The fraction of sp³-hybridized carbons (Fsp3) is 0.538. The molecule has 1 heterocycles. The Bertz CT molecular complexity index is 590. The van der Waals surface area contributed by atoms with Gasteiger partial charge in [0.1, 0.15) is 10.6 Å². The van der Waals surface area contributed by atoms with E-state index in [4.69, 9.17) is 4.74 Å². The van der Waals surface area contributed by atoms with Crippen LogP contribution in [0.5, 0.6) is 5.75 Å². The fourth-order valence-corrected chi connectivity index (χ4v) is 4.40. The summed E-state index contributed by atoms with van der Waals surface area (Å²) in [5.74, 6) is 0.423. The van der Waals surface area contributed by atoms with Crippen LogP contribution in [0.4, 0.5) is 0 Å². The minimum atomic E-state index is -3.67. The molecule has 0 aliphatic carbocycles. The second-order valence-corrected chi connectivity index (χ2v) is 7.81. The lowest BCUT2D eigenvalue weighted by molar-refractivity contribution is 0.0604. The molecule has 0 radical (unpaired) electrons. The van der Waals surface area contributed by atoms with E-state index in [1.807, 2.05) is 6.92 Å². The van der Waals surface area contributed by atoms with Crippen molar-refractivity contribution in [3.05, 3.63) is 22.7 Å². The normalized spacial score (nSPS) is 24.6. The maximum atomic E-state index is 12.7. The van der Waals surface area contributed by atoms with Gasteiger partial charge in [0.05, 0.1) is 13.2 Å². The van der Waals surface area contributed by atoms with E-state index >= 15 is 0 Å². The third-order valence-corrected chi connectivity index (χ3v) is 6.00. The van der Waals surface area contributed by atoms with Gasteiger partial charge in [0, 0.05) is 17.6 Å². The van der Waals surface area contributed by atoms with Gasteiger partial charge in [0.25, 0.3) is 0 Å². The molecule has 2 atom stereocenters. The van der Waals surface area contributed by atoms with Crippen LogP contribution in [0.1, 0.15) is 13.3 Å². The number of ether oxygens (including phenoxy) is 1. The number of sulfonamides is 1. The molecule has 0 bridgehead atoms. The van der Waals surface area contributed by atoms with Gasteiger partial charge in [-0.1, -0.05) is 22.9 Å². The zero-order valence-electron chi connectivity index (χ0n) is 11.4. The Kier molecular flexibility index (Phi) is 4.73. The highest BCUT2D eigenvalue weighted by Gasteiger charge is 2.34. The van der Waals surface area contributed by atoms with Gasteiger partial charge < -0.3 is 9.84 Å². The van der Waals surface area contributed by atoms with E-state index in [2.05, 4.69) is 15.9 Å². The second kappa shape index (κ2) is 6.01. The van der Waals surface area contributed by atoms with E-state index in [0.717, 1.165) is 0 Å². The first-order valence-electron chi connectivity index (χ1n) is 6.38. The zero-order chi connectivity index (χ0) is 14.9. The number of halogens is 1. The van der Waals surface area contributed by atoms with Crippen molar-refractivity contribution in [1.82, 2.24) is 4.31 Å². The van der Waals surface area contributed by atoms with Crippen molar-refractivity contribution >= 4 is 26.0 Å². The molecule has 7 heteroatoms. The average molecular weight is 364 g/mol. The van der Waals surface area contributed by atoms with Crippen LogP contribution in [-0.2, 0) is 10.0 Å². The lowest BCUT2D eigenvalue weighted by Crippen LogP contribution is -2.45. The number of methoxy groups -OCH3 is 1. The largest absolute Gasteiger partial charge is 0.495 e. The molecule has 1 fully saturated rings. The highest BCUT2D eigenvalue weighted by molar-refractivity contribution is 9.10. The van der Waals surface area contributed by atoms with Crippen molar-refractivity contribution in [3.8, 4) is 5.75 Å². The highest BCUT2D eigenvalue weighted by Crippen LogP contribution is 2.31. The summed E-state index contributed by atoms with van der Waals surface area (Å²) < 4.78 is 32.5. The fourth-order valence-electron chi connectivity index (χ4n) is 2.23. The molecule has 0 spiro atoms. The summed E-state index contributed by atoms with van der Waals surface area (Å²) in [5, 5.41) is 9.89. The van der Waals surface area contributed by atoms with Crippen molar-refractivity contribution in [3.63, 3.8) is 0 Å². The quantitative estimate of drug-likeness (QED) is 0.889. The molecule has 2 rings (SSSR count). The monoisotopic (exact) mass is 363 g/mol. The standard InChI is InChI=1S/C13H18BrNO4S/c1-9-5-6-15(8-11(9)16)20(17,18)13-7-10(14)3-4-12(13)19-2/h3-4,7,9,11,16H,5-6,8H2,1-2H3. The second-order valence-electron chi connectivity index (χ2n) is 4.99. The van der Waals surface area contributed by atoms with Gasteiger partial charge in [0.2, 0.25) is 10.0 Å². The van der Waals surface area contributed by atoms with Crippen molar-refractivity contribution in [1.29, 1.82) is 0 Å². The summed E-state index contributed by atoms with van der Waals surface area (Å²) in [7, 11) is -2.23. The van der Waals surface area contributed by atoms with Crippen LogP contribution in [0, 0.1) is 5.92 Å². The topological polar surface area (TPSA) is 66.8 Å². The number of rotatable bonds is 3. The van der Waals surface area contributed by atoms with E-state index in [9.17, 15) is 13.5 Å². The van der Waals surface area contributed by atoms with E-state index in [1.54, 1.807) is 12.1 Å². The average Bonchev–Trinajstić information content (AvgIpc) is 2.41. The van der Waals surface area contributed by atoms with Crippen molar-refractivity contribution in [2.45, 2.75) is 24.3 Å². The van der Waals surface area contributed by atoms with Crippen LogP contribution in [-0.4, -0.2) is 44.1 Å². The SMILES string of the molecule is COc1ccc(Br)cc1S(=O)(=O)N1CCC(C)C(O)C1. The molecule has 1 N–H and O–H groups in total. The maximum absolute atomic E-state index is 12.7. The smallest absolute Gasteiger partial charge is 0.246 e. The number of hydrogen-bond acceptors (Lipinski definition) is 4. The van der Waals surface area contributed by atoms with Gasteiger partial charge in [-0.2, -0.15) is 4.31 Å². The third-order valence-electron chi connectivity index (χ3n) is 3.62. The lowest BCUT2D eigenvalue weighted by atomic mass is 9.98. The Morgan fingerprint density at radius 3 is 2.75 bits per heavy atom. The van der Waals surface area contributed by atoms with Gasteiger partial charge in [-0.15, -0.1) is 0 Å². The maximum Gasteiger partial charge on any atom is 0.246 e. The summed E-state index contributed by atoms with van der Waals surface area (Å²) in [5.41, 5.74) is 0. The summed E-state index contributed by atoms with van der Waals surface area (Å²) in [6.45, 7) is 2.46. The minimum Gasteiger partial charge on any atom is -0.495 e. The number of hydrogen-bond donors (Lipinski definition) is 1. The first kappa shape index (κ1) is 15.8. The molecule has 0 saturated carbocycles. The summed E-state index contributed by atoms with van der Waals surface area (Å²) >= 11 is 3.28. The molecule has 0 aromatic heterocycles. The Morgan fingerprint density at radius 1 is 1.45 bits per heavy atom. The van der Waals surface area contributed by atoms with Crippen LogP contribution in [0.2, 0.25) is 0 Å². The Morgan fingerprint density at radius 2 is 2.15 bits per heavy atom. The molecule has 2 unspecified atom stereocenters. The molecule has 1 aromatic rings. The van der Waals surface area contributed by atoms with Gasteiger partial charge in [-0.3, -0.25) is 0 Å². The minimum absolute atomic E-state index is 0.117. The lowest BCUT2D eigenvalue weighted by Gasteiger charge is -2.33. The molecule has 112 valence electrons. The first-order valence-corrected chi connectivity index (χ1v) is 8.61. The van der Waals surface area contributed by atoms with Crippen molar-refractivity contribution in [2.24, 2.45) is 5.92 Å². The Labute approximate surface area is 127 Å². The van der Waals surface area contributed by atoms with Gasteiger partial charge in [0.15, 0.2) is 0 Å². The zero-order valence-corrected chi connectivity index (χ0v) is 13.8. The van der Waals surface area contributed by atoms with E-state index in [-0.39, 0.29) is 17.4 Å². The van der Waals surface area contributed by atoms with Crippen LogP contribution in [0.25, 0.3) is 0 Å². The van der Waals surface area contributed by atoms with Gasteiger partial charge in [-0.25, -0.2) is 8.42 Å². The molecule has 1 saturated heterocycles. The summed E-state index contributed by atoms with van der Waals surface area (Å²) in [6.07, 6.45) is 0.0214.